The fraction of sp³-hybridized carbons (Fsp3) is 0.700. The van der Waals surface area contributed by atoms with Crippen LogP contribution in [-0.4, -0.2) is 22.2 Å². The SMILES string of the molecule is Cc1ncc(CNC(C)(C)CCO)s1. The smallest absolute Gasteiger partial charge is 0.0897 e. The van der Waals surface area contributed by atoms with E-state index in [9.17, 15) is 0 Å². The van der Waals surface area contributed by atoms with Gasteiger partial charge in [-0.25, -0.2) is 4.98 Å². The number of aliphatic hydroxyl groups is 1. The summed E-state index contributed by atoms with van der Waals surface area (Å²) in [4.78, 5) is 5.44. The van der Waals surface area contributed by atoms with E-state index in [0.29, 0.717) is 0 Å². The molecule has 0 aliphatic carbocycles. The van der Waals surface area contributed by atoms with Gasteiger partial charge in [-0.15, -0.1) is 11.3 Å². The average Bonchev–Trinajstić information content (AvgIpc) is 2.48. The highest BCUT2D eigenvalue weighted by atomic mass is 32.1. The Kier molecular flexibility index (Phi) is 4.04. The summed E-state index contributed by atoms with van der Waals surface area (Å²) in [6.45, 7) is 7.25. The van der Waals surface area contributed by atoms with E-state index < -0.39 is 0 Å². The normalized spacial score (nSPS) is 12.0. The molecule has 0 atom stereocenters. The van der Waals surface area contributed by atoms with Crippen LogP contribution in [0.2, 0.25) is 0 Å². The van der Waals surface area contributed by atoms with Crippen LogP contribution in [0.25, 0.3) is 0 Å². The highest BCUT2D eigenvalue weighted by Gasteiger charge is 2.15. The van der Waals surface area contributed by atoms with Crippen LogP contribution in [0.1, 0.15) is 30.2 Å². The molecule has 3 nitrogen and oxygen atoms in total. The van der Waals surface area contributed by atoms with Crippen molar-refractivity contribution in [2.45, 2.75) is 39.3 Å². The third kappa shape index (κ3) is 3.74. The van der Waals surface area contributed by atoms with Gasteiger partial charge in [-0.2, -0.15) is 0 Å². The molecule has 1 heterocycles. The number of thiazole rings is 1. The minimum Gasteiger partial charge on any atom is -0.396 e. The van der Waals surface area contributed by atoms with Gasteiger partial charge >= 0.3 is 0 Å². The van der Waals surface area contributed by atoms with Crippen molar-refractivity contribution in [3.63, 3.8) is 0 Å². The van der Waals surface area contributed by atoms with E-state index in [1.165, 1.54) is 4.88 Å². The molecule has 4 heteroatoms. The number of aryl methyl sites for hydroxylation is 1. The Hall–Kier alpha value is -0.450. The zero-order chi connectivity index (χ0) is 10.6. The van der Waals surface area contributed by atoms with Gasteiger partial charge in [-0.1, -0.05) is 0 Å². The third-order valence-corrected chi connectivity index (χ3v) is 3.06. The molecule has 0 unspecified atom stereocenters. The summed E-state index contributed by atoms with van der Waals surface area (Å²) in [5.74, 6) is 0. The second-order valence-electron chi connectivity index (χ2n) is 4.06. The highest BCUT2D eigenvalue weighted by Crippen LogP contribution is 2.14. The largest absolute Gasteiger partial charge is 0.396 e. The second kappa shape index (κ2) is 4.87. The Bertz CT molecular complexity index is 283. The molecule has 0 aliphatic rings. The number of aromatic nitrogens is 1. The first kappa shape index (κ1) is 11.6. The molecule has 0 amide bonds. The van der Waals surface area contributed by atoms with Crippen LogP contribution in [0.15, 0.2) is 6.20 Å². The molecule has 80 valence electrons. The van der Waals surface area contributed by atoms with Crippen LogP contribution >= 0.6 is 11.3 Å². The lowest BCUT2D eigenvalue weighted by Crippen LogP contribution is -2.39. The minimum atomic E-state index is -0.00730. The molecule has 1 aromatic heterocycles. The predicted molar refractivity (Wildman–Crippen MR) is 59.5 cm³/mol. The molecule has 0 aliphatic heterocycles. The minimum absolute atomic E-state index is 0.00730. The van der Waals surface area contributed by atoms with E-state index in [1.807, 2.05) is 13.1 Å². The second-order valence-corrected chi connectivity index (χ2v) is 5.38. The molecule has 0 radical (unpaired) electrons. The maximum absolute atomic E-state index is 8.85. The van der Waals surface area contributed by atoms with E-state index in [2.05, 4.69) is 24.1 Å². The fourth-order valence-electron chi connectivity index (χ4n) is 1.18. The Balaban J connectivity index is 2.40. The van der Waals surface area contributed by atoms with Gasteiger partial charge in [0.05, 0.1) is 5.01 Å². The molecule has 0 aromatic carbocycles. The maximum Gasteiger partial charge on any atom is 0.0897 e. The molecular weight excluding hydrogens is 196 g/mol. The molecule has 0 saturated heterocycles. The molecule has 0 saturated carbocycles. The summed E-state index contributed by atoms with van der Waals surface area (Å²) in [5, 5.41) is 13.4. The van der Waals surface area contributed by atoms with Crippen molar-refractivity contribution in [1.82, 2.24) is 10.3 Å². The topological polar surface area (TPSA) is 45.2 Å². The number of hydrogen-bond donors (Lipinski definition) is 2. The van der Waals surface area contributed by atoms with Crippen LogP contribution in [0, 0.1) is 6.92 Å². The standard InChI is InChI=1S/C10H18N2OS/c1-8-11-6-9(14-8)7-12-10(2,3)4-5-13/h6,12-13H,4-5,7H2,1-3H3. The van der Waals surface area contributed by atoms with E-state index in [-0.39, 0.29) is 12.1 Å². The molecule has 1 rings (SSSR count). The van der Waals surface area contributed by atoms with Gasteiger partial charge in [0.25, 0.3) is 0 Å². The Morgan fingerprint density at radius 2 is 2.29 bits per heavy atom. The zero-order valence-electron chi connectivity index (χ0n) is 9.00. The van der Waals surface area contributed by atoms with E-state index >= 15 is 0 Å². The number of nitrogens with zero attached hydrogens (tertiary/aromatic N) is 1. The monoisotopic (exact) mass is 214 g/mol. The van der Waals surface area contributed by atoms with Crippen molar-refractivity contribution < 1.29 is 5.11 Å². The van der Waals surface area contributed by atoms with Crippen molar-refractivity contribution in [1.29, 1.82) is 0 Å². The molecular formula is C10H18N2OS. The van der Waals surface area contributed by atoms with Crippen LogP contribution < -0.4 is 5.32 Å². The van der Waals surface area contributed by atoms with Crippen LogP contribution in [0.5, 0.6) is 0 Å². The van der Waals surface area contributed by atoms with Gasteiger partial charge in [-0.05, 0) is 27.2 Å². The summed E-state index contributed by atoms with van der Waals surface area (Å²) >= 11 is 1.71. The van der Waals surface area contributed by atoms with E-state index in [4.69, 9.17) is 5.11 Å². The summed E-state index contributed by atoms with van der Waals surface area (Å²) in [5.41, 5.74) is -0.00730. The number of hydrogen-bond acceptors (Lipinski definition) is 4. The first-order valence-electron chi connectivity index (χ1n) is 4.81. The fourth-order valence-corrected chi connectivity index (χ4v) is 1.92. The maximum atomic E-state index is 8.85. The first-order chi connectivity index (χ1) is 6.53. The van der Waals surface area contributed by atoms with Gasteiger partial charge in [0.15, 0.2) is 0 Å². The highest BCUT2D eigenvalue weighted by molar-refractivity contribution is 7.11. The molecule has 0 bridgehead atoms. The van der Waals surface area contributed by atoms with Gasteiger partial charge in [0.1, 0.15) is 0 Å². The number of rotatable bonds is 5. The summed E-state index contributed by atoms with van der Waals surface area (Å²) in [6, 6.07) is 0. The van der Waals surface area contributed by atoms with Gasteiger partial charge in [-0.3, -0.25) is 0 Å². The van der Waals surface area contributed by atoms with Crippen LogP contribution in [0.3, 0.4) is 0 Å². The Labute approximate surface area is 89.2 Å². The van der Waals surface area contributed by atoms with Gasteiger partial charge in [0.2, 0.25) is 0 Å². The van der Waals surface area contributed by atoms with Crippen molar-refractivity contribution in [3.05, 3.63) is 16.1 Å². The lowest BCUT2D eigenvalue weighted by atomic mass is 10.0. The summed E-state index contributed by atoms with van der Waals surface area (Å²) < 4.78 is 0. The first-order valence-corrected chi connectivity index (χ1v) is 5.62. The molecule has 0 fully saturated rings. The molecule has 14 heavy (non-hydrogen) atoms. The average molecular weight is 214 g/mol. The van der Waals surface area contributed by atoms with Crippen molar-refractivity contribution >= 4 is 11.3 Å². The lowest BCUT2D eigenvalue weighted by molar-refractivity contribution is 0.230. The van der Waals surface area contributed by atoms with Crippen molar-refractivity contribution in [3.8, 4) is 0 Å². The third-order valence-electron chi connectivity index (χ3n) is 2.15. The van der Waals surface area contributed by atoms with E-state index in [1.54, 1.807) is 11.3 Å². The van der Waals surface area contributed by atoms with E-state index in [0.717, 1.165) is 18.0 Å². The van der Waals surface area contributed by atoms with Crippen molar-refractivity contribution in [2.24, 2.45) is 0 Å². The van der Waals surface area contributed by atoms with Crippen LogP contribution in [0.4, 0.5) is 0 Å². The molecule has 0 spiro atoms. The Morgan fingerprint density at radius 3 is 2.79 bits per heavy atom. The Morgan fingerprint density at radius 1 is 1.57 bits per heavy atom. The quantitative estimate of drug-likeness (QED) is 0.784. The predicted octanol–water partition coefficient (Wildman–Crippen LogP) is 1.70. The number of aliphatic hydroxyl groups excluding tert-OH is 1. The van der Waals surface area contributed by atoms with Crippen LogP contribution in [-0.2, 0) is 6.54 Å². The molecule has 1 aromatic rings. The van der Waals surface area contributed by atoms with Gasteiger partial charge < -0.3 is 10.4 Å². The lowest BCUT2D eigenvalue weighted by Gasteiger charge is -2.24. The zero-order valence-corrected chi connectivity index (χ0v) is 9.82. The molecule has 2 N–H and O–H groups in total. The van der Waals surface area contributed by atoms with Crippen molar-refractivity contribution in [2.75, 3.05) is 6.61 Å². The summed E-state index contributed by atoms with van der Waals surface area (Å²) in [6.07, 6.45) is 2.67. The number of nitrogens with one attached hydrogen (secondary N) is 1. The van der Waals surface area contributed by atoms with Gasteiger partial charge in [0, 0.05) is 29.8 Å². The summed E-state index contributed by atoms with van der Waals surface area (Å²) in [7, 11) is 0.